The summed E-state index contributed by atoms with van der Waals surface area (Å²) >= 11 is 0. The van der Waals surface area contributed by atoms with Gasteiger partial charge in [-0.2, -0.15) is 18.4 Å². The molecule has 0 bridgehead atoms. The molecule has 27 heavy (non-hydrogen) atoms. The summed E-state index contributed by atoms with van der Waals surface area (Å²) < 4.78 is 39.4. The van der Waals surface area contributed by atoms with Crippen LogP contribution in [0, 0.1) is 11.3 Å². The number of nitriles is 1. The molecule has 1 aliphatic heterocycles. The standard InChI is InChI=1S/C20H18F3N3O/c1-3-26-18-10-14(20(21,22)23)6-9-16(18)17(11-24)19(26)13-4-7-15(8-5-13)25-12(2)27/h4-10,17,19H,3H2,1-2H3,(H,25,27). The van der Waals surface area contributed by atoms with E-state index in [4.69, 9.17) is 0 Å². The maximum Gasteiger partial charge on any atom is 0.416 e. The van der Waals surface area contributed by atoms with Crippen LogP contribution in [0.4, 0.5) is 24.5 Å². The molecule has 2 unspecified atom stereocenters. The molecule has 1 N–H and O–H groups in total. The molecule has 7 heteroatoms. The summed E-state index contributed by atoms with van der Waals surface area (Å²) in [6.07, 6.45) is -4.44. The van der Waals surface area contributed by atoms with Crippen LogP contribution < -0.4 is 10.2 Å². The number of rotatable bonds is 3. The fourth-order valence-corrected chi connectivity index (χ4v) is 3.58. The lowest BCUT2D eigenvalue weighted by Gasteiger charge is -2.28. The second kappa shape index (κ2) is 6.95. The average molecular weight is 373 g/mol. The van der Waals surface area contributed by atoms with Crippen LogP contribution in [0.2, 0.25) is 0 Å². The van der Waals surface area contributed by atoms with E-state index in [1.165, 1.54) is 13.0 Å². The normalized spacial score (nSPS) is 18.7. The number of anilines is 2. The molecular formula is C20H18F3N3O. The number of nitrogens with zero attached hydrogens (tertiary/aromatic N) is 2. The third kappa shape index (κ3) is 3.47. The van der Waals surface area contributed by atoms with Crippen LogP contribution in [0.1, 0.15) is 42.5 Å². The van der Waals surface area contributed by atoms with Crippen molar-refractivity contribution in [2.45, 2.75) is 32.0 Å². The van der Waals surface area contributed by atoms with E-state index in [2.05, 4.69) is 11.4 Å². The van der Waals surface area contributed by atoms with E-state index >= 15 is 0 Å². The average Bonchev–Trinajstić information content (AvgIpc) is 2.93. The Morgan fingerprint density at radius 3 is 2.41 bits per heavy atom. The number of hydrogen-bond acceptors (Lipinski definition) is 3. The van der Waals surface area contributed by atoms with Gasteiger partial charge >= 0.3 is 6.18 Å². The number of carbonyl (C=O) groups excluding carboxylic acids is 1. The van der Waals surface area contributed by atoms with Gasteiger partial charge in [-0.15, -0.1) is 0 Å². The quantitative estimate of drug-likeness (QED) is 0.837. The molecule has 3 rings (SSSR count). The van der Waals surface area contributed by atoms with Gasteiger partial charge in [0.1, 0.15) is 0 Å². The Balaban J connectivity index is 2.03. The smallest absolute Gasteiger partial charge is 0.363 e. The summed E-state index contributed by atoms with van der Waals surface area (Å²) in [6.45, 7) is 3.72. The molecule has 140 valence electrons. The highest BCUT2D eigenvalue weighted by atomic mass is 19.4. The Labute approximate surface area is 155 Å². The zero-order chi connectivity index (χ0) is 19.8. The van der Waals surface area contributed by atoms with Crippen molar-refractivity contribution in [3.63, 3.8) is 0 Å². The molecule has 0 fully saturated rings. The summed E-state index contributed by atoms with van der Waals surface area (Å²) in [5.41, 5.74) is 1.75. The second-order valence-electron chi connectivity index (χ2n) is 6.41. The molecular weight excluding hydrogens is 355 g/mol. The number of amides is 1. The van der Waals surface area contributed by atoms with Crippen LogP contribution >= 0.6 is 0 Å². The molecule has 2 aromatic carbocycles. The largest absolute Gasteiger partial charge is 0.416 e. The molecule has 0 saturated carbocycles. The maximum atomic E-state index is 13.1. The van der Waals surface area contributed by atoms with Gasteiger partial charge in [0, 0.05) is 24.8 Å². The van der Waals surface area contributed by atoms with Crippen molar-refractivity contribution in [1.82, 2.24) is 0 Å². The van der Waals surface area contributed by atoms with Gasteiger partial charge in [-0.05, 0) is 42.3 Å². The van der Waals surface area contributed by atoms with Crippen molar-refractivity contribution in [2.24, 2.45) is 0 Å². The zero-order valence-corrected chi connectivity index (χ0v) is 14.8. The van der Waals surface area contributed by atoms with Crippen molar-refractivity contribution < 1.29 is 18.0 Å². The summed E-state index contributed by atoms with van der Waals surface area (Å²) in [5, 5.41) is 12.4. The molecule has 1 amide bonds. The lowest BCUT2D eigenvalue weighted by molar-refractivity contribution is -0.137. The van der Waals surface area contributed by atoms with E-state index in [0.717, 1.165) is 17.7 Å². The highest BCUT2D eigenvalue weighted by molar-refractivity contribution is 5.88. The number of nitrogens with one attached hydrogen (secondary N) is 1. The van der Waals surface area contributed by atoms with E-state index in [9.17, 15) is 23.2 Å². The molecule has 4 nitrogen and oxygen atoms in total. The summed E-state index contributed by atoms with van der Waals surface area (Å²) in [4.78, 5) is 13.0. The number of carbonyl (C=O) groups is 1. The van der Waals surface area contributed by atoms with Gasteiger partial charge in [-0.25, -0.2) is 0 Å². The van der Waals surface area contributed by atoms with Gasteiger partial charge in [0.05, 0.1) is 23.6 Å². The summed E-state index contributed by atoms with van der Waals surface area (Å²) in [6, 6.07) is 12.4. The molecule has 0 spiro atoms. The Kier molecular flexibility index (Phi) is 4.83. The fourth-order valence-electron chi connectivity index (χ4n) is 3.58. The second-order valence-corrected chi connectivity index (χ2v) is 6.41. The number of likely N-dealkylation sites (N-methyl/N-ethyl adjacent to an activating group) is 1. The number of halogens is 3. The highest BCUT2D eigenvalue weighted by Crippen LogP contribution is 2.50. The van der Waals surface area contributed by atoms with Gasteiger partial charge in [0.25, 0.3) is 0 Å². The Hall–Kier alpha value is -3.01. The summed E-state index contributed by atoms with van der Waals surface area (Å²) in [5.74, 6) is -0.769. The van der Waals surface area contributed by atoms with Crippen molar-refractivity contribution in [2.75, 3.05) is 16.8 Å². The molecule has 2 atom stereocenters. The first-order chi connectivity index (χ1) is 12.8. The van der Waals surface area contributed by atoms with E-state index in [1.807, 2.05) is 11.8 Å². The number of fused-ring (bicyclic) bond motifs is 1. The highest BCUT2D eigenvalue weighted by Gasteiger charge is 2.41. The zero-order valence-electron chi connectivity index (χ0n) is 14.8. The van der Waals surface area contributed by atoms with Gasteiger partial charge in [-0.3, -0.25) is 4.79 Å². The predicted molar refractivity (Wildman–Crippen MR) is 96.3 cm³/mol. The van der Waals surface area contributed by atoms with E-state index in [1.54, 1.807) is 24.3 Å². The van der Waals surface area contributed by atoms with Crippen LogP contribution in [0.15, 0.2) is 42.5 Å². The molecule has 1 aliphatic rings. The van der Waals surface area contributed by atoms with Crippen molar-refractivity contribution in [3.8, 4) is 6.07 Å². The first kappa shape index (κ1) is 18.8. The van der Waals surface area contributed by atoms with Crippen LogP contribution in [0.3, 0.4) is 0 Å². The minimum atomic E-state index is -4.44. The van der Waals surface area contributed by atoms with Crippen LogP contribution in [0.5, 0.6) is 0 Å². The van der Waals surface area contributed by atoms with Crippen molar-refractivity contribution >= 4 is 17.3 Å². The Morgan fingerprint density at radius 1 is 1.22 bits per heavy atom. The van der Waals surface area contributed by atoms with Crippen molar-refractivity contribution in [1.29, 1.82) is 5.26 Å². The maximum absolute atomic E-state index is 13.1. The minimum Gasteiger partial charge on any atom is -0.363 e. The number of alkyl halides is 3. The lowest BCUT2D eigenvalue weighted by Crippen LogP contribution is -2.26. The Morgan fingerprint density at radius 2 is 1.89 bits per heavy atom. The van der Waals surface area contributed by atoms with Gasteiger partial charge in [-0.1, -0.05) is 18.2 Å². The number of hydrogen-bond donors (Lipinski definition) is 1. The third-order valence-corrected chi connectivity index (χ3v) is 4.71. The molecule has 0 radical (unpaired) electrons. The van der Waals surface area contributed by atoms with Gasteiger partial charge < -0.3 is 10.2 Å². The van der Waals surface area contributed by atoms with Crippen LogP contribution in [0.25, 0.3) is 0 Å². The van der Waals surface area contributed by atoms with Gasteiger partial charge in [0.15, 0.2) is 0 Å². The van der Waals surface area contributed by atoms with Crippen molar-refractivity contribution in [3.05, 3.63) is 59.2 Å². The molecule has 1 heterocycles. The predicted octanol–water partition coefficient (Wildman–Crippen LogP) is 4.85. The minimum absolute atomic E-state index is 0.194. The van der Waals surface area contributed by atoms with Crippen LogP contribution in [-0.4, -0.2) is 12.5 Å². The summed E-state index contributed by atoms with van der Waals surface area (Å²) in [7, 11) is 0. The molecule has 0 aliphatic carbocycles. The fraction of sp³-hybridized carbons (Fsp3) is 0.300. The SMILES string of the molecule is CCN1c2cc(C(F)(F)F)ccc2C(C#N)C1c1ccc(NC(C)=O)cc1. The molecule has 0 aromatic heterocycles. The lowest BCUT2D eigenvalue weighted by atomic mass is 9.91. The first-order valence-electron chi connectivity index (χ1n) is 8.51. The number of benzene rings is 2. The monoisotopic (exact) mass is 373 g/mol. The first-order valence-corrected chi connectivity index (χ1v) is 8.51. The van der Waals surface area contributed by atoms with E-state index < -0.39 is 17.7 Å². The Bertz CT molecular complexity index is 900. The molecule has 2 aromatic rings. The topological polar surface area (TPSA) is 56.1 Å². The van der Waals surface area contributed by atoms with Gasteiger partial charge in [0.2, 0.25) is 5.91 Å². The van der Waals surface area contributed by atoms with E-state index in [0.29, 0.717) is 23.5 Å². The van der Waals surface area contributed by atoms with E-state index in [-0.39, 0.29) is 11.9 Å². The molecule has 0 saturated heterocycles. The van der Waals surface area contributed by atoms with Crippen LogP contribution in [-0.2, 0) is 11.0 Å². The third-order valence-electron chi connectivity index (χ3n) is 4.71.